The summed E-state index contributed by atoms with van der Waals surface area (Å²) in [6, 6.07) is 9.79. The first-order chi connectivity index (χ1) is 10.7. The highest BCUT2D eigenvalue weighted by Gasteiger charge is 2.23. The van der Waals surface area contributed by atoms with Gasteiger partial charge in [-0.25, -0.2) is 4.79 Å². The minimum Gasteiger partial charge on any atom is -0.457 e. The van der Waals surface area contributed by atoms with Crippen LogP contribution in [0.5, 0.6) is 0 Å². The Morgan fingerprint density at radius 2 is 1.68 bits per heavy atom. The van der Waals surface area contributed by atoms with Gasteiger partial charge in [-0.3, -0.25) is 0 Å². The van der Waals surface area contributed by atoms with E-state index in [-0.39, 0.29) is 5.97 Å². The molecule has 0 unspecified atom stereocenters. The molecule has 0 aliphatic heterocycles. The average molecular weight is 304 g/mol. The second-order valence-corrected chi connectivity index (χ2v) is 5.74. The predicted molar refractivity (Wildman–Crippen MR) is 92.4 cm³/mol. The van der Waals surface area contributed by atoms with E-state index in [1.807, 2.05) is 30.3 Å². The van der Waals surface area contributed by atoms with Crippen LogP contribution in [0.2, 0.25) is 0 Å². The molecule has 0 fully saturated rings. The van der Waals surface area contributed by atoms with E-state index in [1.165, 1.54) is 6.08 Å². The number of carbonyl (C=O) groups excluding carboxylic acids is 1. The van der Waals surface area contributed by atoms with Crippen molar-refractivity contribution >= 4 is 12.0 Å². The van der Waals surface area contributed by atoms with Crippen LogP contribution in [0.1, 0.15) is 39.2 Å². The topological polar surface area (TPSA) is 26.3 Å². The fourth-order valence-corrected chi connectivity index (χ4v) is 2.87. The Morgan fingerprint density at radius 1 is 1.05 bits per heavy atom. The average Bonchev–Trinajstić information content (AvgIpc) is 2.54. The van der Waals surface area contributed by atoms with Gasteiger partial charge in [0, 0.05) is 6.08 Å². The molecule has 1 aromatic carbocycles. The van der Waals surface area contributed by atoms with Crippen LogP contribution in [-0.2, 0) is 9.53 Å². The quantitative estimate of drug-likeness (QED) is 0.372. The molecule has 22 heavy (non-hydrogen) atoms. The predicted octanol–water partition coefficient (Wildman–Crippen LogP) is 3.90. The van der Waals surface area contributed by atoms with E-state index in [2.05, 4.69) is 20.8 Å². The lowest BCUT2D eigenvalue weighted by molar-refractivity contribution is -0.926. The molecule has 3 heteroatoms. The van der Waals surface area contributed by atoms with Crippen LogP contribution >= 0.6 is 0 Å². The fourth-order valence-electron chi connectivity index (χ4n) is 2.87. The molecule has 1 aromatic rings. The summed E-state index contributed by atoms with van der Waals surface area (Å²) < 4.78 is 6.42. The van der Waals surface area contributed by atoms with Crippen molar-refractivity contribution in [3.8, 4) is 0 Å². The number of quaternary nitrogens is 1. The molecule has 0 aliphatic carbocycles. The van der Waals surface area contributed by atoms with Crippen LogP contribution in [0.25, 0.3) is 6.08 Å². The third kappa shape index (κ3) is 6.44. The van der Waals surface area contributed by atoms with Crippen molar-refractivity contribution in [2.75, 3.05) is 32.8 Å². The van der Waals surface area contributed by atoms with Gasteiger partial charge in [0.2, 0.25) is 0 Å². The Balaban J connectivity index is 2.44. The number of hydrogen-bond donors (Lipinski definition) is 0. The molecular formula is C19H30NO2+. The van der Waals surface area contributed by atoms with E-state index in [4.69, 9.17) is 4.74 Å². The lowest BCUT2D eigenvalue weighted by Crippen LogP contribution is -2.51. The van der Waals surface area contributed by atoms with Crippen molar-refractivity contribution in [1.29, 1.82) is 0 Å². The summed E-state index contributed by atoms with van der Waals surface area (Å²) in [5, 5.41) is 0. The molecule has 3 nitrogen and oxygen atoms in total. The van der Waals surface area contributed by atoms with Gasteiger partial charge in [-0.15, -0.1) is 0 Å². The third-order valence-corrected chi connectivity index (χ3v) is 4.09. The lowest BCUT2D eigenvalue weighted by Gasteiger charge is -2.37. The fraction of sp³-hybridized carbons (Fsp3) is 0.526. The second-order valence-electron chi connectivity index (χ2n) is 5.74. The number of carbonyl (C=O) groups is 1. The van der Waals surface area contributed by atoms with E-state index < -0.39 is 0 Å². The monoisotopic (exact) mass is 304 g/mol. The minimum atomic E-state index is -0.258. The van der Waals surface area contributed by atoms with Crippen molar-refractivity contribution in [2.24, 2.45) is 0 Å². The van der Waals surface area contributed by atoms with Crippen LogP contribution in [0.15, 0.2) is 36.4 Å². The van der Waals surface area contributed by atoms with Gasteiger partial charge >= 0.3 is 5.97 Å². The van der Waals surface area contributed by atoms with Crippen molar-refractivity contribution in [3.63, 3.8) is 0 Å². The summed E-state index contributed by atoms with van der Waals surface area (Å²) in [5.41, 5.74) is 1.01. The molecule has 0 N–H and O–H groups in total. The van der Waals surface area contributed by atoms with Crippen LogP contribution in [-0.4, -0.2) is 43.2 Å². The first-order valence-corrected chi connectivity index (χ1v) is 8.40. The molecule has 0 radical (unpaired) electrons. The highest BCUT2D eigenvalue weighted by atomic mass is 16.5. The zero-order chi connectivity index (χ0) is 16.3. The van der Waals surface area contributed by atoms with Crippen molar-refractivity contribution in [2.45, 2.75) is 33.6 Å². The van der Waals surface area contributed by atoms with Crippen molar-refractivity contribution in [3.05, 3.63) is 42.0 Å². The summed E-state index contributed by atoms with van der Waals surface area (Å²) in [6.07, 6.45) is 5.63. The molecule has 122 valence electrons. The molecule has 0 heterocycles. The number of ether oxygens (including phenoxy) is 1. The van der Waals surface area contributed by atoms with Gasteiger partial charge in [0.15, 0.2) is 0 Å². The Bertz CT molecular complexity index is 448. The molecule has 0 bridgehead atoms. The second kappa shape index (κ2) is 10.2. The molecule has 0 saturated heterocycles. The van der Waals surface area contributed by atoms with Gasteiger partial charge in [0.25, 0.3) is 0 Å². The Hall–Kier alpha value is -1.61. The number of esters is 1. The van der Waals surface area contributed by atoms with E-state index in [0.717, 1.165) is 49.1 Å². The normalized spacial score (nSPS) is 11.8. The van der Waals surface area contributed by atoms with Crippen LogP contribution in [0, 0.1) is 0 Å². The Morgan fingerprint density at radius 3 is 2.23 bits per heavy atom. The zero-order valence-electron chi connectivity index (χ0n) is 14.3. The van der Waals surface area contributed by atoms with Gasteiger partial charge < -0.3 is 9.22 Å². The van der Waals surface area contributed by atoms with Gasteiger partial charge in [0.1, 0.15) is 13.2 Å². The molecule has 0 aliphatic rings. The van der Waals surface area contributed by atoms with E-state index in [0.29, 0.717) is 6.61 Å². The zero-order valence-corrected chi connectivity index (χ0v) is 14.3. The standard InChI is InChI=1S/C19H30NO2/c1-4-14-20(6-3,15-5-2)16-17-22-19(21)13-12-18-10-8-7-9-11-18/h7-13H,4-6,14-17H2,1-3H3/q+1. The maximum Gasteiger partial charge on any atom is 0.330 e. The maximum absolute atomic E-state index is 11.8. The largest absolute Gasteiger partial charge is 0.457 e. The molecule has 0 saturated carbocycles. The first kappa shape index (κ1) is 18.4. The molecule has 0 amide bonds. The molecule has 1 rings (SSSR count). The van der Waals surface area contributed by atoms with Crippen LogP contribution in [0.3, 0.4) is 0 Å². The molecule has 0 aromatic heterocycles. The van der Waals surface area contributed by atoms with Crippen molar-refractivity contribution < 1.29 is 14.0 Å². The van der Waals surface area contributed by atoms with E-state index >= 15 is 0 Å². The van der Waals surface area contributed by atoms with Gasteiger partial charge in [-0.1, -0.05) is 44.2 Å². The minimum absolute atomic E-state index is 0.258. The number of likely N-dealkylation sites (N-methyl/N-ethyl adjacent to an activating group) is 1. The van der Waals surface area contributed by atoms with Crippen molar-refractivity contribution in [1.82, 2.24) is 0 Å². The van der Waals surface area contributed by atoms with E-state index in [9.17, 15) is 4.79 Å². The summed E-state index contributed by atoms with van der Waals surface area (Å²) in [4.78, 5) is 11.8. The van der Waals surface area contributed by atoms with Gasteiger partial charge in [-0.2, -0.15) is 0 Å². The summed E-state index contributed by atoms with van der Waals surface area (Å²) in [7, 11) is 0. The number of nitrogens with zero attached hydrogens (tertiary/aromatic N) is 1. The maximum atomic E-state index is 11.8. The van der Waals surface area contributed by atoms with Gasteiger partial charge in [-0.05, 0) is 31.4 Å². The van der Waals surface area contributed by atoms with Gasteiger partial charge in [0.05, 0.1) is 19.6 Å². The Labute approximate surface area is 135 Å². The summed E-state index contributed by atoms with van der Waals surface area (Å²) in [5.74, 6) is -0.258. The number of rotatable bonds is 10. The molecule has 0 atom stereocenters. The Kier molecular flexibility index (Phi) is 8.53. The van der Waals surface area contributed by atoms with Crippen LogP contribution in [0.4, 0.5) is 0 Å². The lowest BCUT2D eigenvalue weighted by atomic mass is 10.2. The smallest absolute Gasteiger partial charge is 0.330 e. The highest BCUT2D eigenvalue weighted by Crippen LogP contribution is 2.10. The number of benzene rings is 1. The molecular weight excluding hydrogens is 274 g/mol. The van der Waals surface area contributed by atoms with E-state index in [1.54, 1.807) is 6.08 Å². The highest BCUT2D eigenvalue weighted by molar-refractivity contribution is 5.86. The molecule has 0 spiro atoms. The first-order valence-electron chi connectivity index (χ1n) is 8.40. The summed E-state index contributed by atoms with van der Waals surface area (Å²) in [6.45, 7) is 11.5. The van der Waals surface area contributed by atoms with Crippen LogP contribution < -0.4 is 0 Å². The SMILES string of the molecule is CCC[N+](CC)(CCC)CCOC(=O)C=Cc1ccccc1. The number of hydrogen-bond acceptors (Lipinski definition) is 2. The summed E-state index contributed by atoms with van der Waals surface area (Å²) >= 11 is 0. The third-order valence-electron chi connectivity index (χ3n) is 4.09.